The first-order chi connectivity index (χ1) is 28.3. The Morgan fingerprint density at radius 1 is 0.333 bits per heavy atom. The summed E-state index contributed by atoms with van der Waals surface area (Å²) in [5.74, 6) is 1.82. The molecule has 0 atom stereocenters. The van der Waals surface area contributed by atoms with E-state index in [1.54, 1.807) is 0 Å². The Kier molecular flexibility index (Phi) is 6.83. The largest absolute Gasteiger partial charge is 0.456 e. The predicted octanol–water partition coefficient (Wildman–Crippen LogP) is 13.4. The molecule has 0 spiro atoms. The van der Waals surface area contributed by atoms with Gasteiger partial charge in [0.05, 0.1) is 22.1 Å². The predicted molar refractivity (Wildman–Crippen MR) is 230 cm³/mol. The van der Waals surface area contributed by atoms with Gasteiger partial charge in [-0.05, 0) is 59.7 Å². The van der Waals surface area contributed by atoms with Crippen LogP contribution in [-0.2, 0) is 0 Å². The van der Waals surface area contributed by atoms with Crippen molar-refractivity contribution in [2.75, 3.05) is 0 Å². The Bertz CT molecular complexity index is 3410. The Morgan fingerprint density at radius 3 is 1.46 bits per heavy atom. The van der Waals surface area contributed by atoms with Gasteiger partial charge in [-0.1, -0.05) is 133 Å². The molecule has 266 valence electrons. The summed E-state index contributed by atoms with van der Waals surface area (Å²) in [6, 6.07) is 62.6. The van der Waals surface area contributed by atoms with Gasteiger partial charge in [-0.2, -0.15) is 0 Å². The van der Waals surface area contributed by atoms with Crippen molar-refractivity contribution in [1.29, 1.82) is 0 Å². The van der Waals surface area contributed by atoms with Gasteiger partial charge in [0.1, 0.15) is 22.3 Å². The van der Waals surface area contributed by atoms with Crippen molar-refractivity contribution in [3.8, 4) is 51.0 Å². The van der Waals surface area contributed by atoms with Gasteiger partial charge in [0.2, 0.25) is 0 Å². The summed E-state index contributed by atoms with van der Waals surface area (Å²) in [6.45, 7) is 0. The molecule has 57 heavy (non-hydrogen) atoms. The van der Waals surface area contributed by atoms with Crippen molar-refractivity contribution in [3.63, 3.8) is 0 Å². The third-order valence-corrected chi connectivity index (χ3v) is 11.1. The van der Waals surface area contributed by atoms with E-state index in [-0.39, 0.29) is 0 Å². The van der Waals surface area contributed by atoms with E-state index in [0.29, 0.717) is 17.5 Å². The fraction of sp³-hybridized carbons (Fsp3) is 0. The van der Waals surface area contributed by atoms with E-state index in [1.165, 1.54) is 10.8 Å². The fourth-order valence-electron chi connectivity index (χ4n) is 8.57. The first kappa shape index (κ1) is 31.5. The number of hydrogen-bond acceptors (Lipinski definition) is 5. The second-order valence-corrected chi connectivity index (χ2v) is 14.3. The zero-order chi connectivity index (χ0) is 37.5. The fourth-order valence-corrected chi connectivity index (χ4v) is 8.57. The molecule has 0 bridgehead atoms. The Labute approximate surface area is 325 Å². The summed E-state index contributed by atoms with van der Waals surface area (Å²) < 4.78 is 15.7. The number of rotatable bonds is 5. The molecule has 0 aliphatic carbocycles. The van der Waals surface area contributed by atoms with E-state index in [0.717, 1.165) is 88.4 Å². The Hall–Kier alpha value is -7.83. The average Bonchev–Trinajstić information content (AvgIpc) is 3.96. The second-order valence-electron chi connectivity index (χ2n) is 14.3. The molecular weight excluding hydrogens is 701 g/mol. The van der Waals surface area contributed by atoms with Crippen molar-refractivity contribution < 1.29 is 8.83 Å². The van der Waals surface area contributed by atoms with Gasteiger partial charge in [-0.25, -0.2) is 15.0 Å². The second kappa shape index (κ2) is 12.3. The molecule has 12 aromatic rings. The highest BCUT2D eigenvalue weighted by Gasteiger charge is 2.22. The molecule has 12 rings (SSSR count). The van der Waals surface area contributed by atoms with Crippen molar-refractivity contribution in [2.24, 2.45) is 0 Å². The van der Waals surface area contributed by atoms with E-state index < -0.39 is 0 Å². The van der Waals surface area contributed by atoms with Crippen molar-refractivity contribution >= 4 is 65.7 Å². The quantitative estimate of drug-likeness (QED) is 0.176. The Morgan fingerprint density at radius 2 is 0.825 bits per heavy atom. The third-order valence-electron chi connectivity index (χ3n) is 11.1. The molecule has 0 aliphatic heterocycles. The molecule has 4 heterocycles. The molecular formula is C51H30N4O2. The van der Waals surface area contributed by atoms with E-state index in [9.17, 15) is 0 Å². The van der Waals surface area contributed by atoms with Gasteiger partial charge in [0.15, 0.2) is 17.5 Å². The number of hydrogen-bond donors (Lipinski definition) is 0. The smallest absolute Gasteiger partial charge is 0.164 e. The maximum atomic E-state index is 6.67. The molecule has 0 amide bonds. The summed E-state index contributed by atoms with van der Waals surface area (Å²) in [6.07, 6.45) is 0. The highest BCUT2D eigenvalue weighted by molar-refractivity contribution is 6.22. The lowest BCUT2D eigenvalue weighted by atomic mass is 9.94. The summed E-state index contributed by atoms with van der Waals surface area (Å²) in [5.41, 5.74) is 11.5. The number of furan rings is 2. The van der Waals surface area contributed by atoms with Crippen LogP contribution < -0.4 is 0 Å². The molecule has 0 unspecified atom stereocenters. The first-order valence-corrected chi connectivity index (χ1v) is 19.0. The number of para-hydroxylation sites is 2. The third kappa shape index (κ3) is 4.87. The zero-order valence-electron chi connectivity index (χ0n) is 30.4. The van der Waals surface area contributed by atoms with Gasteiger partial charge in [0.25, 0.3) is 0 Å². The van der Waals surface area contributed by atoms with Crippen LogP contribution in [0.15, 0.2) is 191 Å². The van der Waals surface area contributed by atoms with Gasteiger partial charge < -0.3 is 13.4 Å². The zero-order valence-corrected chi connectivity index (χ0v) is 30.4. The minimum Gasteiger partial charge on any atom is -0.456 e. The van der Waals surface area contributed by atoms with Crippen LogP contribution in [0.3, 0.4) is 0 Å². The van der Waals surface area contributed by atoms with Crippen LogP contribution >= 0.6 is 0 Å². The van der Waals surface area contributed by atoms with Gasteiger partial charge in [-0.15, -0.1) is 0 Å². The normalized spacial score (nSPS) is 11.9. The molecule has 6 nitrogen and oxygen atoms in total. The lowest BCUT2D eigenvalue weighted by Crippen LogP contribution is -2.00. The number of aromatic nitrogens is 4. The average molecular weight is 731 g/mol. The highest BCUT2D eigenvalue weighted by Crippen LogP contribution is 2.45. The molecule has 0 N–H and O–H groups in total. The van der Waals surface area contributed by atoms with Gasteiger partial charge in [-0.3, -0.25) is 0 Å². The first-order valence-electron chi connectivity index (χ1n) is 19.0. The summed E-state index contributed by atoms with van der Waals surface area (Å²) in [4.78, 5) is 14.8. The summed E-state index contributed by atoms with van der Waals surface area (Å²) in [7, 11) is 0. The van der Waals surface area contributed by atoms with Crippen molar-refractivity contribution in [2.45, 2.75) is 0 Å². The molecule has 6 heteroatoms. The highest BCUT2D eigenvalue weighted by atomic mass is 16.3. The molecule has 0 saturated carbocycles. The monoisotopic (exact) mass is 730 g/mol. The van der Waals surface area contributed by atoms with Gasteiger partial charge in [0, 0.05) is 43.6 Å². The van der Waals surface area contributed by atoms with E-state index in [2.05, 4.69) is 114 Å². The number of nitrogens with zero attached hydrogens (tertiary/aromatic N) is 4. The number of fused-ring (bicyclic) bond motifs is 9. The van der Waals surface area contributed by atoms with Crippen LogP contribution in [0.4, 0.5) is 0 Å². The van der Waals surface area contributed by atoms with Crippen LogP contribution in [0, 0.1) is 0 Å². The SMILES string of the molecule is c1ccc(-c2nc(-c3ccccc3)nc(-c3ccc4c(c3)oc3cccc(-c5cccc6oc7cccc(-n8c9ccccc9c9ccccc98)c7c56)c34)n2)cc1. The topological polar surface area (TPSA) is 69.9 Å². The van der Waals surface area contributed by atoms with Crippen LogP contribution in [0.2, 0.25) is 0 Å². The minimum absolute atomic E-state index is 0.581. The minimum atomic E-state index is 0.581. The summed E-state index contributed by atoms with van der Waals surface area (Å²) in [5, 5.41) is 6.63. The van der Waals surface area contributed by atoms with E-state index in [4.69, 9.17) is 23.8 Å². The van der Waals surface area contributed by atoms with E-state index in [1.807, 2.05) is 72.8 Å². The lowest BCUT2D eigenvalue weighted by Gasteiger charge is -2.11. The molecule has 0 fully saturated rings. The lowest BCUT2D eigenvalue weighted by molar-refractivity contribution is 0.668. The molecule has 0 radical (unpaired) electrons. The van der Waals surface area contributed by atoms with E-state index >= 15 is 0 Å². The van der Waals surface area contributed by atoms with Crippen LogP contribution in [0.5, 0.6) is 0 Å². The van der Waals surface area contributed by atoms with Crippen LogP contribution in [0.1, 0.15) is 0 Å². The molecule has 4 aromatic heterocycles. The maximum Gasteiger partial charge on any atom is 0.164 e. The van der Waals surface area contributed by atoms with Crippen molar-refractivity contribution in [3.05, 3.63) is 182 Å². The van der Waals surface area contributed by atoms with Crippen molar-refractivity contribution in [1.82, 2.24) is 19.5 Å². The molecule has 8 aromatic carbocycles. The van der Waals surface area contributed by atoms with Gasteiger partial charge >= 0.3 is 0 Å². The molecule has 0 saturated heterocycles. The summed E-state index contributed by atoms with van der Waals surface area (Å²) >= 11 is 0. The molecule has 0 aliphatic rings. The van der Waals surface area contributed by atoms with Crippen LogP contribution in [-0.4, -0.2) is 19.5 Å². The maximum absolute atomic E-state index is 6.67. The standard InChI is InChI=1S/C51H30N4O2/c1-3-14-31(15-4-1)49-52-50(32-16-5-2-6-17-32)54-51(53-49)33-28-29-38-45(30-33)57-42-25-11-20-36(46(38)42)37-21-12-26-43-47(37)48-41(24-13-27-44(48)56-43)55-39-22-9-7-18-34(39)35-19-8-10-23-40(35)55/h1-30H. The van der Waals surface area contributed by atoms with Crippen LogP contribution in [0.25, 0.3) is 117 Å². The Balaban J connectivity index is 1.07. The number of benzene rings is 8.